The summed E-state index contributed by atoms with van der Waals surface area (Å²) in [5.74, 6) is 0.918. The van der Waals surface area contributed by atoms with Gasteiger partial charge in [0.1, 0.15) is 23.7 Å². The van der Waals surface area contributed by atoms with Gasteiger partial charge in [-0.25, -0.2) is 18.9 Å². The van der Waals surface area contributed by atoms with Crippen molar-refractivity contribution in [2.75, 3.05) is 36.9 Å². The first kappa shape index (κ1) is 31.5. The maximum absolute atomic E-state index is 13.4. The van der Waals surface area contributed by atoms with Crippen LogP contribution in [-0.2, 0) is 20.3 Å². The molecular weight excluding hydrogens is 592 g/mol. The second kappa shape index (κ2) is 14.7. The number of H-pyrrole nitrogens is 1. The van der Waals surface area contributed by atoms with Crippen molar-refractivity contribution in [3.8, 4) is 5.75 Å². The van der Waals surface area contributed by atoms with Crippen LogP contribution in [0.3, 0.4) is 0 Å². The van der Waals surface area contributed by atoms with Crippen molar-refractivity contribution >= 4 is 42.0 Å². The van der Waals surface area contributed by atoms with Crippen molar-refractivity contribution in [1.82, 2.24) is 25.1 Å². The van der Waals surface area contributed by atoms with Gasteiger partial charge in [0.05, 0.1) is 25.2 Å². The van der Waals surface area contributed by atoms with Crippen LogP contribution in [0.25, 0.3) is 10.9 Å². The third-order valence-corrected chi connectivity index (χ3v) is 7.80. The van der Waals surface area contributed by atoms with Gasteiger partial charge < -0.3 is 25.2 Å². The van der Waals surface area contributed by atoms with Gasteiger partial charge in [-0.3, -0.25) is 19.3 Å². The summed E-state index contributed by atoms with van der Waals surface area (Å²) in [6.07, 6.45) is 6.66. The number of carbonyl (C=O) groups is 1. The highest BCUT2D eigenvalue weighted by Gasteiger charge is 2.23. The van der Waals surface area contributed by atoms with E-state index in [9.17, 15) is 13.8 Å². The molecule has 0 aliphatic heterocycles. The minimum absolute atomic E-state index is 0.0200. The zero-order chi connectivity index (χ0) is 30.9. The number of anilines is 3. The maximum Gasteiger partial charge on any atom is 0.469 e. The highest BCUT2D eigenvalue weighted by Crippen LogP contribution is 2.35. The molecule has 0 bridgehead atoms. The lowest BCUT2D eigenvalue weighted by Crippen LogP contribution is -2.37. The number of halogens is 1. The van der Waals surface area contributed by atoms with E-state index < -0.39 is 13.6 Å². The number of benzene rings is 2. The molecular formula is C29H35FN7O6P. The molecule has 1 saturated carbocycles. The van der Waals surface area contributed by atoms with E-state index in [1.54, 1.807) is 12.1 Å². The summed E-state index contributed by atoms with van der Waals surface area (Å²) in [6.45, 7) is 1.64. The Balaban J connectivity index is 1.13. The van der Waals surface area contributed by atoms with Gasteiger partial charge in [-0.2, -0.15) is 5.10 Å². The molecule has 13 nitrogen and oxygen atoms in total. The highest BCUT2D eigenvalue weighted by molar-refractivity contribution is 7.46. The lowest BCUT2D eigenvalue weighted by Gasteiger charge is -2.28. The number of aromatic nitrogens is 4. The zero-order valence-electron chi connectivity index (χ0n) is 24.0. The van der Waals surface area contributed by atoms with Crippen LogP contribution in [0, 0.1) is 5.82 Å². The van der Waals surface area contributed by atoms with Crippen LogP contribution in [0.4, 0.5) is 21.7 Å². The lowest BCUT2D eigenvalue weighted by atomic mass is 10.2. The Hall–Kier alpha value is -3.94. The van der Waals surface area contributed by atoms with Crippen LogP contribution in [0.2, 0.25) is 0 Å². The molecule has 1 amide bonds. The molecule has 0 atom stereocenters. The number of ether oxygens (including phenoxy) is 1. The Morgan fingerprint density at radius 2 is 1.93 bits per heavy atom. The fourth-order valence-electron chi connectivity index (χ4n) is 5.29. The molecule has 0 unspecified atom stereocenters. The van der Waals surface area contributed by atoms with Crippen LogP contribution in [0.5, 0.6) is 5.75 Å². The van der Waals surface area contributed by atoms with Crippen molar-refractivity contribution in [2.24, 2.45) is 0 Å². The average Bonchev–Trinajstić information content (AvgIpc) is 3.66. The van der Waals surface area contributed by atoms with E-state index in [1.807, 2.05) is 18.2 Å². The summed E-state index contributed by atoms with van der Waals surface area (Å²) in [6, 6.07) is 13.3. The molecule has 1 fully saturated rings. The van der Waals surface area contributed by atoms with Gasteiger partial charge in [0.25, 0.3) is 0 Å². The molecule has 5 N–H and O–H groups in total. The van der Waals surface area contributed by atoms with E-state index in [1.165, 1.54) is 24.5 Å². The summed E-state index contributed by atoms with van der Waals surface area (Å²) in [5, 5.41) is 13.6. The Kier molecular flexibility index (Phi) is 10.5. The van der Waals surface area contributed by atoms with Gasteiger partial charge in [0.2, 0.25) is 5.91 Å². The van der Waals surface area contributed by atoms with Crippen molar-refractivity contribution in [3.63, 3.8) is 0 Å². The van der Waals surface area contributed by atoms with Crippen LogP contribution >= 0.6 is 7.82 Å². The number of phosphoric ester groups is 1. The molecule has 1 aliphatic rings. The van der Waals surface area contributed by atoms with Gasteiger partial charge in [0.15, 0.2) is 5.82 Å². The molecule has 0 radical (unpaired) electrons. The Morgan fingerprint density at radius 3 is 2.73 bits per heavy atom. The standard InChI is InChI=1S/C29H35FN7O6P/c30-20-5-3-6-21(15-20)33-28(38)17-22-16-27(36-35-22)34-29-25-10-9-24(18-26(25)31-19-32-29)42-13-4-11-37(23-7-1-2-8-23)12-14-43-44(39,40)41/h3,5-6,9-10,15-16,18-19,23H,1-2,4,7-8,11-14,17H2,(H,33,38)(H2,39,40,41)(H2,31,32,34,35,36). The van der Waals surface area contributed by atoms with Gasteiger partial charge in [-0.1, -0.05) is 18.9 Å². The number of phosphoric acid groups is 1. The van der Waals surface area contributed by atoms with Gasteiger partial charge in [-0.15, -0.1) is 0 Å². The molecule has 0 saturated heterocycles. The van der Waals surface area contributed by atoms with Crippen molar-refractivity contribution < 1.29 is 32.8 Å². The Morgan fingerprint density at radius 1 is 1.09 bits per heavy atom. The first-order chi connectivity index (χ1) is 21.2. The topological polar surface area (TPSA) is 175 Å². The molecule has 2 aromatic carbocycles. The van der Waals surface area contributed by atoms with Crippen LogP contribution in [-0.4, -0.2) is 73.1 Å². The van der Waals surface area contributed by atoms with E-state index in [0.717, 1.165) is 44.0 Å². The van der Waals surface area contributed by atoms with Crippen molar-refractivity contribution in [1.29, 1.82) is 0 Å². The fourth-order valence-corrected chi connectivity index (χ4v) is 5.61. The number of aromatic amines is 1. The maximum atomic E-state index is 13.4. The molecule has 15 heteroatoms. The van der Waals surface area contributed by atoms with E-state index in [-0.39, 0.29) is 18.9 Å². The van der Waals surface area contributed by atoms with Gasteiger partial charge in [-0.05, 0) is 49.6 Å². The normalized spacial score (nSPS) is 13.9. The minimum atomic E-state index is -4.48. The zero-order valence-corrected chi connectivity index (χ0v) is 24.9. The summed E-state index contributed by atoms with van der Waals surface area (Å²) in [7, 11) is -4.48. The second-order valence-corrected chi connectivity index (χ2v) is 11.8. The monoisotopic (exact) mass is 627 g/mol. The third-order valence-electron chi connectivity index (χ3n) is 7.28. The number of rotatable bonds is 15. The van der Waals surface area contributed by atoms with Crippen LogP contribution < -0.4 is 15.4 Å². The SMILES string of the molecule is O=C(Cc1cc(Nc2ncnc3cc(OCCCN(CCOP(=O)(O)O)C4CCCC4)ccc23)n[nH]1)Nc1cccc(F)c1. The first-order valence-corrected chi connectivity index (χ1v) is 15.9. The predicted octanol–water partition coefficient (Wildman–Crippen LogP) is 4.54. The summed E-state index contributed by atoms with van der Waals surface area (Å²) >= 11 is 0. The van der Waals surface area contributed by atoms with E-state index >= 15 is 0 Å². The largest absolute Gasteiger partial charge is 0.493 e. The van der Waals surface area contributed by atoms with Crippen molar-refractivity contribution in [3.05, 3.63) is 66.4 Å². The number of amides is 1. The Labute approximate surface area is 253 Å². The summed E-state index contributed by atoms with van der Waals surface area (Å²) in [4.78, 5) is 41.3. The molecule has 44 heavy (non-hydrogen) atoms. The second-order valence-electron chi connectivity index (χ2n) is 10.5. The molecule has 2 heterocycles. The summed E-state index contributed by atoms with van der Waals surface area (Å²) in [5.41, 5.74) is 1.62. The molecule has 0 spiro atoms. The highest BCUT2D eigenvalue weighted by atomic mass is 31.2. The lowest BCUT2D eigenvalue weighted by molar-refractivity contribution is -0.115. The smallest absolute Gasteiger partial charge is 0.469 e. The molecule has 5 rings (SSSR count). The first-order valence-electron chi connectivity index (χ1n) is 14.4. The van der Waals surface area contributed by atoms with Crippen LogP contribution in [0.1, 0.15) is 37.8 Å². The predicted molar refractivity (Wildman–Crippen MR) is 162 cm³/mol. The number of hydrogen-bond acceptors (Lipinski definition) is 9. The number of carbonyl (C=O) groups excluding carboxylic acids is 1. The Bertz CT molecular complexity index is 1610. The quantitative estimate of drug-likeness (QED) is 0.0924. The third kappa shape index (κ3) is 9.28. The number of nitrogens with zero attached hydrogens (tertiary/aromatic N) is 4. The number of hydrogen-bond donors (Lipinski definition) is 5. The molecule has 4 aromatic rings. The number of fused-ring (bicyclic) bond motifs is 1. The summed E-state index contributed by atoms with van der Waals surface area (Å²) < 4.78 is 35.1. The fraction of sp³-hybridized carbons (Fsp3) is 0.379. The minimum Gasteiger partial charge on any atom is -0.493 e. The molecule has 1 aliphatic carbocycles. The molecule has 234 valence electrons. The molecule has 2 aromatic heterocycles. The van der Waals surface area contributed by atoms with Crippen molar-refractivity contribution in [2.45, 2.75) is 44.6 Å². The van der Waals surface area contributed by atoms with Gasteiger partial charge >= 0.3 is 7.82 Å². The average molecular weight is 628 g/mol. The van der Waals surface area contributed by atoms with Gasteiger partial charge in [0, 0.05) is 48.0 Å². The van der Waals surface area contributed by atoms with E-state index in [4.69, 9.17) is 14.5 Å². The van der Waals surface area contributed by atoms with E-state index in [2.05, 4.69) is 40.2 Å². The number of nitrogens with one attached hydrogen (secondary N) is 3. The van der Waals surface area contributed by atoms with Crippen LogP contribution in [0.15, 0.2) is 54.9 Å². The van der Waals surface area contributed by atoms with E-state index in [0.29, 0.717) is 53.5 Å².